The SMILES string of the molecule is CN(CCC(=O)O)CC(=O)Nc1cc(Cl)ccc1-n1cncn1.Cl. The number of hydrogen-bond acceptors (Lipinski definition) is 5. The molecule has 1 aromatic carbocycles. The molecule has 0 fully saturated rings. The maximum Gasteiger partial charge on any atom is 0.304 e. The van der Waals surface area contributed by atoms with Crippen LogP contribution in [-0.4, -0.2) is 56.8 Å². The summed E-state index contributed by atoms with van der Waals surface area (Å²) in [5, 5.41) is 15.9. The lowest BCUT2D eigenvalue weighted by Gasteiger charge is -2.16. The van der Waals surface area contributed by atoms with Gasteiger partial charge >= 0.3 is 5.97 Å². The predicted molar refractivity (Wildman–Crippen MR) is 92.0 cm³/mol. The molecule has 0 saturated carbocycles. The van der Waals surface area contributed by atoms with E-state index in [1.165, 1.54) is 17.3 Å². The van der Waals surface area contributed by atoms with Crippen LogP contribution in [0.15, 0.2) is 30.9 Å². The first-order chi connectivity index (χ1) is 11.0. The molecule has 0 unspecified atom stereocenters. The molecule has 2 aromatic rings. The number of benzene rings is 1. The minimum absolute atomic E-state index is 0. The van der Waals surface area contributed by atoms with Gasteiger partial charge in [-0.05, 0) is 25.2 Å². The Bertz CT molecular complexity index is 694. The summed E-state index contributed by atoms with van der Waals surface area (Å²) in [4.78, 5) is 28.1. The van der Waals surface area contributed by atoms with E-state index >= 15 is 0 Å². The van der Waals surface area contributed by atoms with E-state index in [0.717, 1.165) is 0 Å². The Morgan fingerprint density at radius 1 is 1.42 bits per heavy atom. The Labute approximate surface area is 149 Å². The second kappa shape index (κ2) is 9.21. The molecule has 8 nitrogen and oxygen atoms in total. The third kappa shape index (κ3) is 5.80. The molecule has 0 radical (unpaired) electrons. The third-order valence-corrected chi connectivity index (χ3v) is 3.25. The van der Waals surface area contributed by atoms with E-state index in [9.17, 15) is 9.59 Å². The maximum absolute atomic E-state index is 12.1. The van der Waals surface area contributed by atoms with Gasteiger partial charge in [-0.25, -0.2) is 9.67 Å². The van der Waals surface area contributed by atoms with Crippen LogP contribution in [-0.2, 0) is 9.59 Å². The highest BCUT2D eigenvalue weighted by molar-refractivity contribution is 6.31. The number of carbonyl (C=O) groups excluding carboxylic acids is 1. The van der Waals surface area contributed by atoms with Crippen molar-refractivity contribution in [2.24, 2.45) is 0 Å². The summed E-state index contributed by atoms with van der Waals surface area (Å²) >= 11 is 5.98. The van der Waals surface area contributed by atoms with E-state index in [-0.39, 0.29) is 37.8 Å². The number of hydrogen-bond donors (Lipinski definition) is 2. The topological polar surface area (TPSA) is 100 Å². The molecule has 10 heteroatoms. The molecule has 24 heavy (non-hydrogen) atoms. The minimum Gasteiger partial charge on any atom is -0.481 e. The van der Waals surface area contributed by atoms with Crippen LogP contribution in [0.3, 0.4) is 0 Å². The summed E-state index contributed by atoms with van der Waals surface area (Å²) in [5.74, 6) is -1.18. The predicted octanol–water partition coefficient (Wildman–Crippen LogP) is 1.69. The van der Waals surface area contributed by atoms with E-state index in [0.29, 0.717) is 16.4 Å². The number of aliphatic carboxylic acids is 1. The van der Waals surface area contributed by atoms with Crippen LogP contribution in [0.25, 0.3) is 5.69 Å². The number of carboxylic acids is 1. The minimum atomic E-state index is -0.902. The fraction of sp³-hybridized carbons (Fsp3) is 0.286. The average Bonchev–Trinajstić information content (AvgIpc) is 2.99. The second-order valence-electron chi connectivity index (χ2n) is 4.93. The zero-order valence-electron chi connectivity index (χ0n) is 12.8. The first-order valence-corrected chi connectivity index (χ1v) is 7.18. The van der Waals surface area contributed by atoms with Gasteiger partial charge in [0.05, 0.1) is 24.3 Å². The van der Waals surface area contributed by atoms with Crippen LogP contribution in [0, 0.1) is 0 Å². The van der Waals surface area contributed by atoms with Gasteiger partial charge < -0.3 is 10.4 Å². The number of nitrogens with one attached hydrogen (secondary N) is 1. The number of amides is 1. The first kappa shape index (κ1) is 19.9. The summed E-state index contributed by atoms with van der Waals surface area (Å²) < 4.78 is 1.51. The lowest BCUT2D eigenvalue weighted by Crippen LogP contribution is -2.32. The molecule has 1 heterocycles. The molecule has 0 saturated heterocycles. The van der Waals surface area contributed by atoms with Crippen molar-refractivity contribution >= 4 is 41.6 Å². The Morgan fingerprint density at radius 3 is 2.79 bits per heavy atom. The van der Waals surface area contributed by atoms with Crippen molar-refractivity contribution in [2.75, 3.05) is 25.5 Å². The molecular weight excluding hydrogens is 357 g/mol. The fourth-order valence-corrected chi connectivity index (χ4v) is 2.11. The van der Waals surface area contributed by atoms with Gasteiger partial charge in [-0.1, -0.05) is 11.6 Å². The van der Waals surface area contributed by atoms with E-state index in [1.807, 2.05) is 0 Å². The lowest BCUT2D eigenvalue weighted by atomic mass is 10.2. The summed E-state index contributed by atoms with van der Waals surface area (Å²) in [6, 6.07) is 5.03. The molecule has 0 aliphatic heterocycles. The third-order valence-electron chi connectivity index (χ3n) is 3.02. The van der Waals surface area contributed by atoms with Gasteiger partial charge in [0.25, 0.3) is 0 Å². The number of nitrogens with zero attached hydrogens (tertiary/aromatic N) is 4. The Hall–Kier alpha value is -2.16. The van der Waals surface area contributed by atoms with Gasteiger partial charge in [0.2, 0.25) is 5.91 Å². The highest BCUT2D eigenvalue weighted by atomic mass is 35.5. The first-order valence-electron chi connectivity index (χ1n) is 6.80. The average molecular weight is 374 g/mol. The van der Waals surface area contributed by atoms with Crippen molar-refractivity contribution in [3.63, 3.8) is 0 Å². The van der Waals surface area contributed by atoms with Crippen molar-refractivity contribution in [3.05, 3.63) is 35.9 Å². The quantitative estimate of drug-likeness (QED) is 0.765. The van der Waals surface area contributed by atoms with Gasteiger partial charge in [-0.15, -0.1) is 12.4 Å². The number of anilines is 1. The van der Waals surface area contributed by atoms with Crippen molar-refractivity contribution in [1.82, 2.24) is 19.7 Å². The Balaban J connectivity index is 0.00000288. The van der Waals surface area contributed by atoms with Crippen molar-refractivity contribution in [1.29, 1.82) is 0 Å². The van der Waals surface area contributed by atoms with Crippen LogP contribution >= 0.6 is 24.0 Å². The van der Waals surface area contributed by atoms with Crippen molar-refractivity contribution in [2.45, 2.75) is 6.42 Å². The van der Waals surface area contributed by atoms with Crippen LogP contribution in [0.5, 0.6) is 0 Å². The standard InChI is InChI=1S/C14H16ClN5O3.ClH/c1-19(5-4-14(22)23)7-13(21)18-11-6-10(15)2-3-12(11)20-9-16-8-17-20;/h2-3,6,8-9H,4-5,7H2,1H3,(H,18,21)(H,22,23);1H. The van der Waals surface area contributed by atoms with Crippen LogP contribution in [0.1, 0.15) is 6.42 Å². The highest BCUT2D eigenvalue weighted by Crippen LogP contribution is 2.23. The van der Waals surface area contributed by atoms with E-state index in [2.05, 4.69) is 15.4 Å². The summed E-state index contributed by atoms with van der Waals surface area (Å²) in [6.45, 7) is 0.352. The molecule has 0 atom stereocenters. The van der Waals surface area contributed by atoms with E-state index < -0.39 is 5.97 Å². The molecule has 2 rings (SSSR count). The van der Waals surface area contributed by atoms with E-state index in [1.54, 1.807) is 30.1 Å². The number of rotatable bonds is 7. The smallest absolute Gasteiger partial charge is 0.304 e. The number of carbonyl (C=O) groups is 2. The molecule has 1 amide bonds. The summed E-state index contributed by atoms with van der Waals surface area (Å²) in [6.07, 6.45) is 2.88. The lowest BCUT2D eigenvalue weighted by molar-refractivity contribution is -0.137. The van der Waals surface area contributed by atoms with Crippen molar-refractivity contribution < 1.29 is 14.7 Å². The molecule has 2 N–H and O–H groups in total. The summed E-state index contributed by atoms with van der Waals surface area (Å²) in [5.41, 5.74) is 1.13. The normalized spacial score (nSPS) is 10.3. The van der Waals surface area contributed by atoms with Crippen LogP contribution in [0.4, 0.5) is 5.69 Å². The number of carboxylic acid groups (broad SMARTS) is 1. The Kier molecular flexibility index (Phi) is 7.63. The van der Waals surface area contributed by atoms with Gasteiger partial charge in [-0.3, -0.25) is 14.5 Å². The fourth-order valence-electron chi connectivity index (χ4n) is 1.94. The van der Waals surface area contributed by atoms with Gasteiger partial charge in [0, 0.05) is 11.6 Å². The number of halogens is 2. The van der Waals surface area contributed by atoms with Crippen LogP contribution < -0.4 is 5.32 Å². The molecule has 1 aromatic heterocycles. The molecule has 130 valence electrons. The molecule has 0 bridgehead atoms. The molecule has 0 aliphatic carbocycles. The highest BCUT2D eigenvalue weighted by Gasteiger charge is 2.12. The van der Waals surface area contributed by atoms with Gasteiger partial charge in [0.15, 0.2) is 0 Å². The zero-order valence-corrected chi connectivity index (χ0v) is 14.4. The summed E-state index contributed by atoms with van der Waals surface area (Å²) in [7, 11) is 1.68. The van der Waals surface area contributed by atoms with Crippen molar-refractivity contribution in [3.8, 4) is 5.69 Å². The van der Waals surface area contributed by atoms with Gasteiger partial charge in [-0.2, -0.15) is 5.10 Å². The Morgan fingerprint density at radius 2 is 2.17 bits per heavy atom. The monoisotopic (exact) mass is 373 g/mol. The molecular formula is C14H17Cl2N5O3. The zero-order chi connectivity index (χ0) is 16.8. The molecule has 0 spiro atoms. The maximum atomic E-state index is 12.1. The molecule has 0 aliphatic rings. The number of aromatic nitrogens is 3. The largest absolute Gasteiger partial charge is 0.481 e. The van der Waals surface area contributed by atoms with Crippen LogP contribution in [0.2, 0.25) is 5.02 Å². The second-order valence-corrected chi connectivity index (χ2v) is 5.37. The van der Waals surface area contributed by atoms with Gasteiger partial charge in [0.1, 0.15) is 12.7 Å². The number of likely N-dealkylation sites (N-methyl/N-ethyl adjacent to an activating group) is 1. The van der Waals surface area contributed by atoms with E-state index in [4.69, 9.17) is 16.7 Å².